The third-order valence-electron chi connectivity index (χ3n) is 6.05. The van der Waals surface area contributed by atoms with Crippen LogP contribution in [0.15, 0.2) is 72.4 Å². The Morgan fingerprint density at radius 3 is 2.61 bits per heavy atom. The molecule has 2 aromatic carbocycles. The Morgan fingerprint density at radius 2 is 1.88 bits per heavy atom. The highest BCUT2D eigenvalue weighted by atomic mass is 16.5. The molecule has 3 aromatic rings. The minimum atomic E-state index is -0.848. The zero-order valence-electron chi connectivity index (χ0n) is 18.4. The van der Waals surface area contributed by atoms with Crippen LogP contribution in [0.5, 0.6) is 5.75 Å². The Balaban J connectivity index is 1.69. The third kappa shape index (κ3) is 3.51. The summed E-state index contributed by atoms with van der Waals surface area (Å²) in [5.74, 6) is -0.970. The summed E-state index contributed by atoms with van der Waals surface area (Å²) >= 11 is 0. The molecule has 0 bridgehead atoms. The lowest BCUT2D eigenvalue weighted by Crippen LogP contribution is -2.29. The first-order valence-corrected chi connectivity index (χ1v) is 10.7. The topological polar surface area (TPSA) is 83.0 Å². The van der Waals surface area contributed by atoms with E-state index in [0.717, 1.165) is 11.3 Å². The van der Waals surface area contributed by atoms with Gasteiger partial charge in [0.25, 0.3) is 11.7 Å². The van der Waals surface area contributed by atoms with Gasteiger partial charge in [-0.2, -0.15) is 0 Å². The molecule has 2 aliphatic heterocycles. The van der Waals surface area contributed by atoms with Gasteiger partial charge in [-0.25, -0.2) is 0 Å². The van der Waals surface area contributed by atoms with Crippen molar-refractivity contribution < 1.29 is 19.4 Å². The number of fused-ring (bicyclic) bond motifs is 1. The summed E-state index contributed by atoms with van der Waals surface area (Å²) in [5.41, 5.74) is 3.36. The van der Waals surface area contributed by atoms with Crippen molar-refractivity contribution in [2.24, 2.45) is 0 Å². The smallest absolute Gasteiger partial charge is 0.300 e. The first-order valence-electron chi connectivity index (χ1n) is 10.7. The van der Waals surface area contributed by atoms with Gasteiger partial charge in [0.2, 0.25) is 0 Å². The molecular formula is C26H23N3O4. The van der Waals surface area contributed by atoms with Crippen LogP contribution in [-0.2, 0) is 9.59 Å². The summed E-state index contributed by atoms with van der Waals surface area (Å²) in [4.78, 5) is 34.3. The summed E-state index contributed by atoms with van der Waals surface area (Å²) in [5, 5.41) is 11.3. The second kappa shape index (κ2) is 8.09. The van der Waals surface area contributed by atoms with Crippen molar-refractivity contribution in [3.05, 3.63) is 89.3 Å². The molecule has 0 aliphatic carbocycles. The fourth-order valence-corrected chi connectivity index (χ4v) is 4.28. The Bertz CT molecular complexity index is 1270. The molecule has 7 nitrogen and oxygen atoms in total. The first kappa shape index (κ1) is 20.8. The van der Waals surface area contributed by atoms with Crippen LogP contribution < -0.4 is 14.5 Å². The van der Waals surface area contributed by atoms with Gasteiger partial charge in [0.05, 0.1) is 23.5 Å². The minimum Gasteiger partial charge on any atom is -0.507 e. The number of Topliss-reactive ketones (excluding diaryl/α,β-unsaturated/α-hetero) is 1. The summed E-state index contributed by atoms with van der Waals surface area (Å²) < 4.78 is 5.69. The second-order valence-electron chi connectivity index (χ2n) is 8.21. The van der Waals surface area contributed by atoms with E-state index in [1.165, 1.54) is 4.90 Å². The van der Waals surface area contributed by atoms with Gasteiger partial charge < -0.3 is 14.7 Å². The average Bonchev–Trinajstić information content (AvgIpc) is 3.10. The fourth-order valence-electron chi connectivity index (χ4n) is 4.28. The van der Waals surface area contributed by atoms with Gasteiger partial charge in [-0.05, 0) is 49.4 Å². The number of aryl methyl sites for hydroxylation is 1. The number of hydrogen-bond donors (Lipinski definition) is 1. The standard InChI is InChI=1S/C26H23N3O4/c1-16-6-9-18(10-7-16)29-23(19-5-3-4-12-27-19)22(25(31)26(29)32)24(30)17-8-11-21-20(15-17)28(2)13-14-33-21/h3-12,15,23,30H,13-14H2,1-2H3/b24-22-. The fraction of sp³-hybridized carbons (Fsp3) is 0.192. The molecule has 1 N–H and O–H groups in total. The Morgan fingerprint density at radius 1 is 1.09 bits per heavy atom. The molecule has 0 spiro atoms. The number of carbonyl (C=O) groups excluding carboxylic acids is 2. The summed E-state index contributed by atoms with van der Waals surface area (Å²) in [6.07, 6.45) is 1.61. The summed E-state index contributed by atoms with van der Waals surface area (Å²) in [6, 6.07) is 17.0. The van der Waals surface area contributed by atoms with Crippen LogP contribution in [0.3, 0.4) is 0 Å². The Hall–Kier alpha value is -4.13. The normalized spacial score (nSPS) is 19.4. The van der Waals surface area contributed by atoms with Crippen molar-refractivity contribution in [3.63, 3.8) is 0 Å². The van der Waals surface area contributed by atoms with E-state index < -0.39 is 17.7 Å². The number of rotatable bonds is 3. The molecule has 0 radical (unpaired) electrons. The van der Waals surface area contributed by atoms with Crippen molar-refractivity contribution in [3.8, 4) is 5.75 Å². The molecule has 166 valence electrons. The Labute approximate surface area is 191 Å². The second-order valence-corrected chi connectivity index (χ2v) is 8.21. The lowest BCUT2D eigenvalue weighted by molar-refractivity contribution is -0.132. The lowest BCUT2D eigenvalue weighted by atomic mass is 9.97. The maximum atomic E-state index is 13.2. The third-order valence-corrected chi connectivity index (χ3v) is 6.05. The number of nitrogens with zero attached hydrogens (tertiary/aromatic N) is 3. The van der Waals surface area contributed by atoms with Gasteiger partial charge in [-0.1, -0.05) is 23.8 Å². The molecule has 5 rings (SSSR count). The molecule has 1 amide bonds. The van der Waals surface area contributed by atoms with Crippen LogP contribution in [0.4, 0.5) is 11.4 Å². The van der Waals surface area contributed by atoms with Crippen LogP contribution in [0, 0.1) is 6.92 Å². The zero-order chi connectivity index (χ0) is 23.1. The van der Waals surface area contributed by atoms with E-state index >= 15 is 0 Å². The van der Waals surface area contributed by atoms with E-state index in [0.29, 0.717) is 35.8 Å². The van der Waals surface area contributed by atoms with Crippen LogP contribution in [-0.4, -0.2) is 42.0 Å². The van der Waals surface area contributed by atoms with Crippen LogP contribution in [0.2, 0.25) is 0 Å². The van der Waals surface area contributed by atoms with Crippen molar-refractivity contribution >= 4 is 28.8 Å². The van der Waals surface area contributed by atoms with Gasteiger partial charge in [0.15, 0.2) is 0 Å². The number of carbonyl (C=O) groups is 2. The Kier molecular flexibility index (Phi) is 5.09. The number of amides is 1. The van der Waals surface area contributed by atoms with E-state index in [9.17, 15) is 14.7 Å². The largest absolute Gasteiger partial charge is 0.507 e. The molecule has 1 unspecified atom stereocenters. The predicted molar refractivity (Wildman–Crippen MR) is 125 cm³/mol. The van der Waals surface area contributed by atoms with Crippen LogP contribution in [0.1, 0.15) is 22.9 Å². The molecule has 3 heterocycles. The van der Waals surface area contributed by atoms with E-state index in [1.807, 2.05) is 31.0 Å². The highest BCUT2D eigenvalue weighted by Gasteiger charge is 2.47. The molecule has 1 atom stereocenters. The van der Waals surface area contributed by atoms with E-state index in [2.05, 4.69) is 4.98 Å². The maximum Gasteiger partial charge on any atom is 0.300 e. The SMILES string of the molecule is Cc1ccc(N2C(=O)C(=O)/C(=C(\O)c3ccc4c(c3)N(C)CCO4)C2c2ccccn2)cc1. The number of aliphatic hydroxyl groups excluding tert-OH is 1. The molecule has 1 fully saturated rings. The summed E-state index contributed by atoms with van der Waals surface area (Å²) in [7, 11) is 1.94. The van der Waals surface area contributed by atoms with E-state index in [1.54, 1.807) is 54.7 Å². The maximum absolute atomic E-state index is 13.2. The molecule has 2 aliphatic rings. The van der Waals surface area contributed by atoms with E-state index in [4.69, 9.17) is 4.74 Å². The molecular weight excluding hydrogens is 418 g/mol. The van der Waals surface area contributed by atoms with Crippen LogP contribution >= 0.6 is 0 Å². The molecule has 0 saturated carbocycles. The zero-order valence-corrected chi connectivity index (χ0v) is 18.4. The van der Waals surface area contributed by atoms with Gasteiger partial charge in [-0.3, -0.25) is 19.5 Å². The van der Waals surface area contributed by atoms with Gasteiger partial charge >= 0.3 is 0 Å². The lowest BCUT2D eigenvalue weighted by Gasteiger charge is -2.28. The highest BCUT2D eigenvalue weighted by Crippen LogP contribution is 2.42. The number of anilines is 2. The molecule has 7 heteroatoms. The number of aliphatic hydroxyl groups is 1. The van der Waals surface area contributed by atoms with Crippen molar-refractivity contribution in [2.75, 3.05) is 30.0 Å². The number of likely N-dealkylation sites (N-methyl/N-ethyl adjacent to an activating group) is 1. The van der Waals surface area contributed by atoms with Crippen molar-refractivity contribution in [1.29, 1.82) is 0 Å². The van der Waals surface area contributed by atoms with E-state index in [-0.39, 0.29) is 11.3 Å². The predicted octanol–water partition coefficient (Wildman–Crippen LogP) is 3.84. The number of aromatic nitrogens is 1. The first-order chi connectivity index (χ1) is 16.0. The number of benzene rings is 2. The van der Waals surface area contributed by atoms with Crippen LogP contribution in [0.25, 0.3) is 5.76 Å². The van der Waals surface area contributed by atoms with Crippen molar-refractivity contribution in [1.82, 2.24) is 4.98 Å². The minimum absolute atomic E-state index is 0.0126. The highest BCUT2D eigenvalue weighted by molar-refractivity contribution is 6.51. The molecule has 33 heavy (non-hydrogen) atoms. The number of hydrogen-bond acceptors (Lipinski definition) is 6. The van der Waals surface area contributed by atoms with Gasteiger partial charge in [0, 0.05) is 24.5 Å². The number of ketones is 1. The molecule has 1 aromatic heterocycles. The molecule has 1 saturated heterocycles. The number of pyridine rings is 1. The number of ether oxygens (including phenoxy) is 1. The van der Waals surface area contributed by atoms with Gasteiger partial charge in [-0.15, -0.1) is 0 Å². The van der Waals surface area contributed by atoms with Crippen molar-refractivity contribution in [2.45, 2.75) is 13.0 Å². The monoisotopic (exact) mass is 441 g/mol. The average molecular weight is 441 g/mol. The summed E-state index contributed by atoms with van der Waals surface area (Å²) in [6.45, 7) is 3.24. The quantitative estimate of drug-likeness (QED) is 0.378. The van der Waals surface area contributed by atoms with Gasteiger partial charge in [0.1, 0.15) is 24.2 Å².